The van der Waals surface area contributed by atoms with Crippen LogP contribution >= 0.6 is 0 Å². The number of hydrogen-bond donors (Lipinski definition) is 1. The molecule has 2 N–H and O–H groups in total. The fourth-order valence-corrected chi connectivity index (χ4v) is 4.02. The Morgan fingerprint density at radius 3 is 2.39 bits per heavy atom. The van der Waals surface area contributed by atoms with Crippen molar-refractivity contribution in [3.8, 4) is 0 Å². The number of rotatable bonds is 5. The minimum atomic E-state index is 0.426. The Morgan fingerprint density at radius 2 is 1.83 bits per heavy atom. The van der Waals surface area contributed by atoms with E-state index in [0.717, 1.165) is 12.5 Å². The summed E-state index contributed by atoms with van der Waals surface area (Å²) in [6.45, 7) is 8.43. The molecule has 0 aromatic heterocycles. The van der Waals surface area contributed by atoms with Crippen LogP contribution in [-0.2, 0) is 0 Å². The average Bonchev–Trinajstić information content (AvgIpc) is 2.84. The van der Waals surface area contributed by atoms with Crippen molar-refractivity contribution in [3.05, 3.63) is 0 Å². The van der Waals surface area contributed by atoms with E-state index < -0.39 is 0 Å². The summed E-state index contributed by atoms with van der Waals surface area (Å²) < 4.78 is 0. The molecule has 18 heavy (non-hydrogen) atoms. The lowest BCUT2D eigenvalue weighted by Crippen LogP contribution is -2.42. The van der Waals surface area contributed by atoms with Crippen LogP contribution < -0.4 is 5.73 Å². The van der Waals surface area contributed by atoms with Crippen LogP contribution in [0.25, 0.3) is 0 Å². The van der Waals surface area contributed by atoms with Crippen molar-refractivity contribution in [2.75, 3.05) is 19.6 Å². The molecule has 0 amide bonds. The van der Waals surface area contributed by atoms with E-state index in [0.29, 0.717) is 11.5 Å². The maximum Gasteiger partial charge on any atom is 0.0196 e. The summed E-state index contributed by atoms with van der Waals surface area (Å²) in [5, 5.41) is 0. The normalized spacial score (nSPS) is 27.5. The highest BCUT2D eigenvalue weighted by Gasteiger charge is 2.35. The standard InChI is InChI=1S/C16H32N2/c1-3-16(4-2)10-11-18(13-16)12-15(17)14-8-6-5-7-9-14/h14-15H,3-13,17H2,1-2H3. The first-order chi connectivity index (χ1) is 8.69. The Kier molecular flexibility index (Phi) is 5.08. The Morgan fingerprint density at radius 1 is 1.17 bits per heavy atom. The number of hydrogen-bond acceptors (Lipinski definition) is 2. The monoisotopic (exact) mass is 252 g/mol. The molecule has 0 spiro atoms. The summed E-state index contributed by atoms with van der Waals surface area (Å²) in [6.07, 6.45) is 11.1. The highest BCUT2D eigenvalue weighted by molar-refractivity contribution is 4.90. The van der Waals surface area contributed by atoms with Crippen molar-refractivity contribution in [1.82, 2.24) is 4.90 Å². The molecular weight excluding hydrogens is 220 g/mol. The molecule has 106 valence electrons. The zero-order valence-corrected chi connectivity index (χ0v) is 12.5. The third-order valence-corrected chi connectivity index (χ3v) is 5.74. The zero-order valence-electron chi connectivity index (χ0n) is 12.5. The van der Waals surface area contributed by atoms with Gasteiger partial charge in [0.1, 0.15) is 0 Å². The van der Waals surface area contributed by atoms with Crippen LogP contribution in [0.4, 0.5) is 0 Å². The highest BCUT2D eigenvalue weighted by atomic mass is 15.2. The van der Waals surface area contributed by atoms with Gasteiger partial charge in [0.05, 0.1) is 0 Å². The summed E-state index contributed by atoms with van der Waals surface area (Å²) >= 11 is 0. The number of nitrogens with two attached hydrogens (primary N) is 1. The highest BCUT2D eigenvalue weighted by Crippen LogP contribution is 2.37. The van der Waals surface area contributed by atoms with E-state index in [9.17, 15) is 0 Å². The molecule has 0 radical (unpaired) electrons. The van der Waals surface area contributed by atoms with E-state index in [4.69, 9.17) is 5.73 Å². The Balaban J connectivity index is 1.79. The van der Waals surface area contributed by atoms with Gasteiger partial charge in [0, 0.05) is 19.1 Å². The van der Waals surface area contributed by atoms with E-state index in [1.165, 1.54) is 64.5 Å². The number of nitrogens with zero attached hydrogens (tertiary/aromatic N) is 1. The second-order valence-corrected chi connectivity index (χ2v) is 6.75. The van der Waals surface area contributed by atoms with Crippen LogP contribution in [0.3, 0.4) is 0 Å². The fourth-order valence-electron chi connectivity index (χ4n) is 4.02. The Labute approximate surface area is 113 Å². The lowest BCUT2D eigenvalue weighted by Gasteiger charge is -2.32. The van der Waals surface area contributed by atoms with Crippen LogP contribution in [0.5, 0.6) is 0 Å². The smallest absolute Gasteiger partial charge is 0.0196 e. The third-order valence-electron chi connectivity index (χ3n) is 5.74. The van der Waals surface area contributed by atoms with Crippen molar-refractivity contribution in [1.29, 1.82) is 0 Å². The molecule has 2 fully saturated rings. The van der Waals surface area contributed by atoms with E-state index in [-0.39, 0.29) is 0 Å². The van der Waals surface area contributed by atoms with E-state index in [1.807, 2.05) is 0 Å². The van der Waals surface area contributed by atoms with E-state index in [2.05, 4.69) is 18.7 Å². The summed E-state index contributed by atoms with van der Waals surface area (Å²) in [6, 6.07) is 0.426. The molecular formula is C16H32N2. The van der Waals surface area contributed by atoms with E-state index >= 15 is 0 Å². The molecule has 1 heterocycles. The lowest BCUT2D eigenvalue weighted by molar-refractivity contribution is 0.202. The SMILES string of the molecule is CCC1(CC)CCN(CC(N)C2CCCCC2)C1. The van der Waals surface area contributed by atoms with Crippen LogP contribution in [0.15, 0.2) is 0 Å². The summed E-state index contributed by atoms with van der Waals surface area (Å²) in [7, 11) is 0. The van der Waals surface area contributed by atoms with Crippen LogP contribution in [0.2, 0.25) is 0 Å². The van der Waals surface area contributed by atoms with Gasteiger partial charge in [-0.25, -0.2) is 0 Å². The molecule has 1 atom stereocenters. The minimum absolute atomic E-state index is 0.426. The molecule has 0 aromatic carbocycles. The Bertz CT molecular complexity index is 241. The van der Waals surface area contributed by atoms with Gasteiger partial charge in [0.15, 0.2) is 0 Å². The van der Waals surface area contributed by atoms with Gasteiger partial charge in [-0.05, 0) is 50.0 Å². The van der Waals surface area contributed by atoms with Gasteiger partial charge in [-0.1, -0.05) is 33.1 Å². The predicted molar refractivity (Wildman–Crippen MR) is 78.6 cm³/mol. The maximum atomic E-state index is 6.46. The fraction of sp³-hybridized carbons (Fsp3) is 1.00. The molecule has 1 saturated carbocycles. The number of likely N-dealkylation sites (tertiary alicyclic amines) is 1. The first-order valence-corrected chi connectivity index (χ1v) is 8.17. The maximum absolute atomic E-state index is 6.46. The van der Waals surface area contributed by atoms with Crippen LogP contribution in [0, 0.1) is 11.3 Å². The van der Waals surface area contributed by atoms with Gasteiger partial charge in [-0.15, -0.1) is 0 Å². The van der Waals surface area contributed by atoms with Crippen molar-refractivity contribution in [2.24, 2.45) is 17.1 Å². The molecule has 0 aromatic rings. The van der Waals surface area contributed by atoms with Gasteiger partial charge in [-0.2, -0.15) is 0 Å². The van der Waals surface area contributed by atoms with Gasteiger partial charge in [0.2, 0.25) is 0 Å². The molecule has 2 aliphatic rings. The largest absolute Gasteiger partial charge is 0.326 e. The molecule has 1 aliphatic carbocycles. The summed E-state index contributed by atoms with van der Waals surface area (Å²) in [4.78, 5) is 2.65. The first kappa shape index (κ1) is 14.3. The molecule has 1 aliphatic heterocycles. The van der Waals surface area contributed by atoms with Gasteiger partial charge in [-0.3, -0.25) is 0 Å². The van der Waals surface area contributed by atoms with Gasteiger partial charge in [0.25, 0.3) is 0 Å². The topological polar surface area (TPSA) is 29.3 Å². The third kappa shape index (κ3) is 3.27. The van der Waals surface area contributed by atoms with Gasteiger partial charge >= 0.3 is 0 Å². The van der Waals surface area contributed by atoms with Crippen LogP contribution in [-0.4, -0.2) is 30.6 Å². The summed E-state index contributed by atoms with van der Waals surface area (Å²) in [5.74, 6) is 0.803. The molecule has 2 rings (SSSR count). The van der Waals surface area contributed by atoms with Crippen molar-refractivity contribution in [2.45, 2.75) is 71.3 Å². The molecule has 0 bridgehead atoms. The second kappa shape index (κ2) is 6.38. The van der Waals surface area contributed by atoms with Crippen molar-refractivity contribution in [3.63, 3.8) is 0 Å². The molecule has 2 heteroatoms. The van der Waals surface area contributed by atoms with Gasteiger partial charge < -0.3 is 10.6 Å². The first-order valence-electron chi connectivity index (χ1n) is 8.17. The van der Waals surface area contributed by atoms with E-state index in [1.54, 1.807) is 0 Å². The van der Waals surface area contributed by atoms with Crippen molar-refractivity contribution >= 4 is 0 Å². The van der Waals surface area contributed by atoms with Crippen LogP contribution in [0.1, 0.15) is 65.2 Å². The minimum Gasteiger partial charge on any atom is -0.326 e. The van der Waals surface area contributed by atoms with Crippen molar-refractivity contribution < 1.29 is 0 Å². The molecule has 1 unspecified atom stereocenters. The second-order valence-electron chi connectivity index (χ2n) is 6.75. The lowest BCUT2D eigenvalue weighted by atomic mass is 9.81. The predicted octanol–water partition coefficient (Wildman–Crippen LogP) is 3.41. The molecule has 1 saturated heterocycles. The average molecular weight is 252 g/mol. The quantitative estimate of drug-likeness (QED) is 0.812. The summed E-state index contributed by atoms with van der Waals surface area (Å²) in [5.41, 5.74) is 7.06. The zero-order chi connectivity index (χ0) is 13.0. The Hall–Kier alpha value is -0.0800. The molecule has 2 nitrogen and oxygen atoms in total.